The Morgan fingerprint density at radius 1 is 1.10 bits per heavy atom. The highest BCUT2D eigenvalue weighted by atomic mass is 16.5. The fourth-order valence-electron chi connectivity index (χ4n) is 2.97. The fraction of sp³-hybridized carbons (Fsp3) is 0.350. The van der Waals surface area contributed by atoms with E-state index >= 15 is 0 Å². The second-order valence-electron chi connectivity index (χ2n) is 6.69. The van der Waals surface area contributed by atoms with Gasteiger partial charge in [0, 0.05) is 30.5 Å². The standard InChI is InChI=1S/C20H21N5O4/c1-13-3-4-15(9-21-13)19-16(14(2)29-24-19)12-28-18-11-22-17(10-23-18)20(26)25-5-7-27-8-6-25/h3-4,9-11H,5-8,12H2,1-2H3. The first-order chi connectivity index (χ1) is 14.1. The molecule has 1 amide bonds. The molecule has 0 atom stereocenters. The van der Waals surface area contributed by atoms with Crippen molar-refractivity contribution < 1.29 is 18.8 Å². The molecule has 9 heteroatoms. The summed E-state index contributed by atoms with van der Waals surface area (Å²) >= 11 is 0. The van der Waals surface area contributed by atoms with E-state index in [1.807, 2.05) is 26.0 Å². The van der Waals surface area contributed by atoms with Gasteiger partial charge in [0.2, 0.25) is 5.88 Å². The number of aryl methyl sites for hydroxylation is 2. The lowest BCUT2D eigenvalue weighted by Crippen LogP contribution is -2.41. The summed E-state index contributed by atoms with van der Waals surface area (Å²) in [7, 11) is 0. The molecule has 0 aliphatic carbocycles. The van der Waals surface area contributed by atoms with Crippen LogP contribution >= 0.6 is 0 Å². The summed E-state index contributed by atoms with van der Waals surface area (Å²) in [6.07, 6.45) is 4.63. The largest absolute Gasteiger partial charge is 0.471 e. The summed E-state index contributed by atoms with van der Waals surface area (Å²) in [5, 5.41) is 4.13. The summed E-state index contributed by atoms with van der Waals surface area (Å²) in [5.41, 5.74) is 3.55. The third-order valence-electron chi connectivity index (χ3n) is 4.68. The molecule has 1 fully saturated rings. The van der Waals surface area contributed by atoms with Crippen LogP contribution in [0, 0.1) is 13.8 Å². The Balaban J connectivity index is 1.44. The predicted octanol–water partition coefficient (Wildman–Crippen LogP) is 2.19. The highest BCUT2D eigenvalue weighted by Crippen LogP contribution is 2.26. The van der Waals surface area contributed by atoms with Gasteiger partial charge in [-0.25, -0.2) is 9.97 Å². The van der Waals surface area contributed by atoms with Gasteiger partial charge in [-0.05, 0) is 26.0 Å². The molecule has 0 N–H and O–H groups in total. The molecule has 0 aromatic carbocycles. The number of hydrogen-bond donors (Lipinski definition) is 0. The Labute approximate surface area is 167 Å². The van der Waals surface area contributed by atoms with Crippen LogP contribution in [0.3, 0.4) is 0 Å². The van der Waals surface area contributed by atoms with Crippen molar-refractivity contribution in [2.75, 3.05) is 26.3 Å². The van der Waals surface area contributed by atoms with Crippen LogP contribution in [0.2, 0.25) is 0 Å². The molecule has 29 heavy (non-hydrogen) atoms. The topological polar surface area (TPSA) is 103 Å². The molecule has 150 valence electrons. The van der Waals surface area contributed by atoms with Crippen molar-refractivity contribution in [2.24, 2.45) is 0 Å². The van der Waals surface area contributed by atoms with Crippen LogP contribution in [-0.4, -0.2) is 57.2 Å². The van der Waals surface area contributed by atoms with Gasteiger partial charge in [-0.3, -0.25) is 9.78 Å². The predicted molar refractivity (Wildman–Crippen MR) is 102 cm³/mol. The van der Waals surface area contributed by atoms with Crippen LogP contribution in [0.5, 0.6) is 5.88 Å². The molecule has 4 rings (SSSR count). The summed E-state index contributed by atoms with van der Waals surface area (Å²) in [4.78, 5) is 26.8. The van der Waals surface area contributed by atoms with Crippen molar-refractivity contribution in [3.8, 4) is 17.1 Å². The lowest BCUT2D eigenvalue weighted by atomic mass is 10.1. The molecule has 3 aromatic rings. The number of carbonyl (C=O) groups excluding carboxylic acids is 1. The Morgan fingerprint density at radius 2 is 1.93 bits per heavy atom. The Hall–Kier alpha value is -3.33. The highest BCUT2D eigenvalue weighted by molar-refractivity contribution is 5.92. The van der Waals surface area contributed by atoms with Crippen molar-refractivity contribution >= 4 is 5.91 Å². The van der Waals surface area contributed by atoms with Crippen LogP contribution in [0.25, 0.3) is 11.3 Å². The maximum Gasteiger partial charge on any atom is 0.274 e. The van der Waals surface area contributed by atoms with Gasteiger partial charge in [-0.2, -0.15) is 0 Å². The van der Waals surface area contributed by atoms with Crippen LogP contribution in [0.4, 0.5) is 0 Å². The highest BCUT2D eigenvalue weighted by Gasteiger charge is 2.20. The van der Waals surface area contributed by atoms with Crippen molar-refractivity contribution in [3.63, 3.8) is 0 Å². The second-order valence-corrected chi connectivity index (χ2v) is 6.69. The minimum Gasteiger partial charge on any atom is -0.471 e. The molecule has 4 heterocycles. The molecule has 1 aliphatic heterocycles. The van der Waals surface area contributed by atoms with Gasteiger partial charge >= 0.3 is 0 Å². The van der Waals surface area contributed by atoms with Gasteiger partial charge in [0.25, 0.3) is 5.91 Å². The molecule has 3 aromatic heterocycles. The third-order valence-corrected chi connectivity index (χ3v) is 4.68. The monoisotopic (exact) mass is 395 g/mol. The zero-order valence-corrected chi connectivity index (χ0v) is 16.3. The number of rotatable bonds is 5. The molecule has 0 bridgehead atoms. The maximum absolute atomic E-state index is 12.4. The van der Waals surface area contributed by atoms with E-state index in [1.54, 1.807) is 11.1 Å². The third kappa shape index (κ3) is 4.24. The molecular formula is C20H21N5O4. The van der Waals surface area contributed by atoms with Crippen LogP contribution in [0.15, 0.2) is 35.2 Å². The van der Waals surface area contributed by atoms with E-state index in [0.29, 0.717) is 43.6 Å². The number of hydrogen-bond acceptors (Lipinski definition) is 8. The first-order valence-electron chi connectivity index (χ1n) is 9.32. The average molecular weight is 395 g/mol. The minimum absolute atomic E-state index is 0.156. The minimum atomic E-state index is -0.156. The van der Waals surface area contributed by atoms with Crippen LogP contribution in [-0.2, 0) is 11.3 Å². The summed E-state index contributed by atoms with van der Waals surface area (Å²) in [6.45, 7) is 6.16. The Kier molecular flexibility index (Phi) is 5.48. The van der Waals surface area contributed by atoms with Gasteiger partial charge in [-0.15, -0.1) is 0 Å². The van der Waals surface area contributed by atoms with E-state index in [4.69, 9.17) is 14.0 Å². The van der Waals surface area contributed by atoms with Crippen molar-refractivity contribution in [1.82, 2.24) is 25.0 Å². The van der Waals surface area contributed by atoms with E-state index in [-0.39, 0.29) is 18.2 Å². The van der Waals surface area contributed by atoms with Gasteiger partial charge < -0.3 is 18.9 Å². The number of carbonyl (C=O) groups is 1. The van der Waals surface area contributed by atoms with Crippen molar-refractivity contribution in [2.45, 2.75) is 20.5 Å². The van der Waals surface area contributed by atoms with Gasteiger partial charge in [0.15, 0.2) is 0 Å². The van der Waals surface area contributed by atoms with Gasteiger partial charge in [0.1, 0.15) is 23.8 Å². The molecule has 9 nitrogen and oxygen atoms in total. The fourth-order valence-corrected chi connectivity index (χ4v) is 2.97. The average Bonchev–Trinajstić information content (AvgIpc) is 3.13. The number of pyridine rings is 1. The number of nitrogens with zero attached hydrogens (tertiary/aromatic N) is 5. The molecule has 0 saturated carbocycles. The van der Waals surface area contributed by atoms with E-state index in [9.17, 15) is 4.79 Å². The molecule has 1 saturated heterocycles. The molecule has 1 aliphatic rings. The van der Waals surface area contributed by atoms with Crippen LogP contribution < -0.4 is 4.74 Å². The van der Waals surface area contributed by atoms with Crippen molar-refractivity contribution in [1.29, 1.82) is 0 Å². The van der Waals surface area contributed by atoms with E-state index in [2.05, 4.69) is 20.1 Å². The number of morpholine rings is 1. The lowest BCUT2D eigenvalue weighted by molar-refractivity contribution is 0.0298. The maximum atomic E-state index is 12.4. The summed E-state index contributed by atoms with van der Waals surface area (Å²) in [6, 6.07) is 3.86. The van der Waals surface area contributed by atoms with Gasteiger partial charge in [-0.1, -0.05) is 5.16 Å². The first kappa shape index (κ1) is 19.0. The molecule has 0 radical (unpaired) electrons. The van der Waals surface area contributed by atoms with Gasteiger partial charge in [0.05, 0.1) is 31.2 Å². The number of ether oxygens (including phenoxy) is 2. The molecular weight excluding hydrogens is 374 g/mol. The Bertz CT molecular complexity index is 979. The summed E-state index contributed by atoms with van der Waals surface area (Å²) < 4.78 is 16.4. The van der Waals surface area contributed by atoms with E-state index in [1.165, 1.54) is 12.4 Å². The smallest absolute Gasteiger partial charge is 0.274 e. The number of amides is 1. The van der Waals surface area contributed by atoms with E-state index < -0.39 is 0 Å². The number of aromatic nitrogens is 4. The summed E-state index contributed by atoms with van der Waals surface area (Å²) in [5.74, 6) is 0.821. The van der Waals surface area contributed by atoms with Crippen LogP contribution in [0.1, 0.15) is 27.5 Å². The van der Waals surface area contributed by atoms with E-state index in [0.717, 1.165) is 16.8 Å². The molecule has 0 unspecified atom stereocenters. The SMILES string of the molecule is Cc1ccc(-c2noc(C)c2COc2cnc(C(=O)N3CCOCC3)cn2)cn1. The quantitative estimate of drug-likeness (QED) is 0.648. The zero-order valence-electron chi connectivity index (χ0n) is 16.3. The van der Waals surface area contributed by atoms with Crippen molar-refractivity contribution in [3.05, 3.63) is 53.4 Å². The molecule has 0 spiro atoms. The Morgan fingerprint density at radius 3 is 2.62 bits per heavy atom. The first-order valence-corrected chi connectivity index (χ1v) is 9.32. The normalized spacial score (nSPS) is 14.1. The second kappa shape index (κ2) is 8.36. The zero-order chi connectivity index (χ0) is 20.2. The lowest BCUT2D eigenvalue weighted by Gasteiger charge is -2.26.